The maximum atomic E-state index is 6.07. The van der Waals surface area contributed by atoms with E-state index in [9.17, 15) is 0 Å². The first kappa shape index (κ1) is 16.8. The summed E-state index contributed by atoms with van der Waals surface area (Å²) in [6.07, 6.45) is 8.02. The first-order valence-corrected chi connectivity index (χ1v) is 8.94. The highest BCUT2D eigenvalue weighted by molar-refractivity contribution is 6.30. The molecule has 2 rings (SSSR count). The normalized spacial score (nSPS) is 19.2. The molecule has 2 heteroatoms. The Balaban J connectivity index is 2.19. The predicted molar refractivity (Wildman–Crippen MR) is 93.2 cm³/mol. The van der Waals surface area contributed by atoms with E-state index in [2.05, 4.69) is 38.2 Å². The molecule has 1 nitrogen and oxygen atoms in total. The third-order valence-electron chi connectivity index (χ3n) is 5.16. The van der Waals surface area contributed by atoms with Crippen LogP contribution in [0.4, 0.5) is 0 Å². The van der Waals surface area contributed by atoms with Crippen molar-refractivity contribution in [1.29, 1.82) is 0 Å². The monoisotopic (exact) mass is 307 g/mol. The minimum Gasteiger partial charge on any atom is -0.316 e. The first-order valence-electron chi connectivity index (χ1n) is 8.56. The van der Waals surface area contributed by atoms with Crippen LogP contribution in [0.1, 0.15) is 64.9 Å². The summed E-state index contributed by atoms with van der Waals surface area (Å²) in [5.74, 6) is 0. The lowest BCUT2D eigenvalue weighted by atomic mass is 9.48. The highest BCUT2D eigenvalue weighted by atomic mass is 35.5. The quantitative estimate of drug-likeness (QED) is 0.662. The largest absolute Gasteiger partial charge is 0.316 e. The van der Waals surface area contributed by atoms with Gasteiger partial charge in [0.25, 0.3) is 0 Å². The van der Waals surface area contributed by atoms with Gasteiger partial charge in [0, 0.05) is 17.0 Å². The predicted octanol–water partition coefficient (Wildman–Crippen LogP) is 5.57. The van der Waals surface area contributed by atoms with Crippen LogP contribution in [0.25, 0.3) is 0 Å². The van der Waals surface area contributed by atoms with Crippen molar-refractivity contribution < 1.29 is 0 Å². The zero-order chi connectivity index (χ0) is 15.3. The number of halogens is 1. The Bertz CT molecular complexity index is 423. The Labute approximate surface area is 135 Å². The molecule has 0 unspecified atom stereocenters. The topological polar surface area (TPSA) is 12.0 Å². The standard InChI is InChI=1S/C19H30ClN/c1-4-11-18(12-5-2)13-19(14-18,15-21-6-3)16-7-9-17(20)10-8-16/h7-10,21H,4-6,11-15H2,1-3H3. The zero-order valence-electron chi connectivity index (χ0n) is 13.8. The highest BCUT2D eigenvalue weighted by Gasteiger charge is 2.53. The van der Waals surface area contributed by atoms with Crippen LogP contribution in [0, 0.1) is 5.41 Å². The van der Waals surface area contributed by atoms with E-state index >= 15 is 0 Å². The van der Waals surface area contributed by atoms with Gasteiger partial charge in [0.05, 0.1) is 0 Å². The highest BCUT2D eigenvalue weighted by Crippen LogP contribution is 2.60. The lowest BCUT2D eigenvalue weighted by molar-refractivity contribution is 0.00314. The van der Waals surface area contributed by atoms with Crippen molar-refractivity contribution in [3.63, 3.8) is 0 Å². The summed E-state index contributed by atoms with van der Waals surface area (Å²) in [5.41, 5.74) is 2.37. The number of nitrogens with one attached hydrogen (secondary N) is 1. The van der Waals surface area contributed by atoms with Gasteiger partial charge in [0.15, 0.2) is 0 Å². The minimum atomic E-state index is 0.324. The van der Waals surface area contributed by atoms with Gasteiger partial charge in [-0.3, -0.25) is 0 Å². The Hall–Kier alpha value is -0.530. The van der Waals surface area contributed by atoms with Crippen LogP contribution < -0.4 is 5.32 Å². The van der Waals surface area contributed by atoms with Crippen molar-refractivity contribution in [3.05, 3.63) is 34.9 Å². The molecule has 1 aliphatic carbocycles. The van der Waals surface area contributed by atoms with Crippen LogP contribution in [0.15, 0.2) is 24.3 Å². The minimum absolute atomic E-state index is 0.324. The molecule has 0 aromatic heterocycles. The first-order chi connectivity index (χ1) is 10.1. The SMILES string of the molecule is CCCC1(CCC)CC(CNCC)(c2ccc(Cl)cc2)C1. The van der Waals surface area contributed by atoms with Crippen LogP contribution in [0.5, 0.6) is 0 Å². The molecule has 0 spiro atoms. The molecule has 0 saturated heterocycles. The third kappa shape index (κ3) is 3.63. The number of rotatable bonds is 8. The number of hydrogen-bond acceptors (Lipinski definition) is 1. The van der Waals surface area contributed by atoms with E-state index in [0.717, 1.165) is 18.1 Å². The molecule has 0 radical (unpaired) electrons. The van der Waals surface area contributed by atoms with Gasteiger partial charge in [-0.1, -0.05) is 57.3 Å². The van der Waals surface area contributed by atoms with Gasteiger partial charge in [-0.15, -0.1) is 0 Å². The van der Waals surface area contributed by atoms with Crippen molar-refractivity contribution in [3.8, 4) is 0 Å². The number of likely N-dealkylation sites (N-methyl/N-ethyl adjacent to an activating group) is 1. The van der Waals surface area contributed by atoms with E-state index in [1.165, 1.54) is 44.1 Å². The van der Waals surface area contributed by atoms with Crippen molar-refractivity contribution in [2.75, 3.05) is 13.1 Å². The van der Waals surface area contributed by atoms with Crippen molar-refractivity contribution >= 4 is 11.6 Å². The van der Waals surface area contributed by atoms with Crippen molar-refractivity contribution in [2.45, 2.75) is 64.7 Å². The second kappa shape index (κ2) is 7.15. The Morgan fingerprint density at radius 2 is 1.57 bits per heavy atom. The second-order valence-corrected chi connectivity index (χ2v) is 7.36. The molecule has 1 aliphatic rings. The summed E-state index contributed by atoms with van der Waals surface area (Å²) < 4.78 is 0. The molecule has 1 aromatic rings. The van der Waals surface area contributed by atoms with Gasteiger partial charge >= 0.3 is 0 Å². The van der Waals surface area contributed by atoms with Crippen LogP contribution in [0.3, 0.4) is 0 Å². The average molecular weight is 308 g/mol. The van der Waals surface area contributed by atoms with E-state index in [1.807, 2.05) is 12.1 Å². The molecule has 0 atom stereocenters. The summed E-state index contributed by atoms with van der Waals surface area (Å²) in [7, 11) is 0. The van der Waals surface area contributed by atoms with E-state index in [1.54, 1.807) is 0 Å². The summed E-state index contributed by atoms with van der Waals surface area (Å²) >= 11 is 6.07. The van der Waals surface area contributed by atoms with E-state index < -0.39 is 0 Å². The zero-order valence-corrected chi connectivity index (χ0v) is 14.6. The molecule has 1 saturated carbocycles. The van der Waals surface area contributed by atoms with Crippen LogP contribution in [-0.4, -0.2) is 13.1 Å². The van der Waals surface area contributed by atoms with E-state index in [-0.39, 0.29) is 0 Å². The fourth-order valence-corrected chi connectivity index (χ4v) is 4.65. The summed E-state index contributed by atoms with van der Waals surface area (Å²) in [6.45, 7) is 8.98. The lowest BCUT2D eigenvalue weighted by Gasteiger charge is -2.58. The molecule has 0 aliphatic heterocycles. The fraction of sp³-hybridized carbons (Fsp3) is 0.684. The molecule has 0 bridgehead atoms. The fourth-order valence-electron chi connectivity index (χ4n) is 4.52. The van der Waals surface area contributed by atoms with E-state index in [4.69, 9.17) is 11.6 Å². The molecule has 0 amide bonds. The molecule has 1 N–H and O–H groups in total. The summed E-state index contributed by atoms with van der Waals surface area (Å²) in [5, 5.41) is 4.43. The van der Waals surface area contributed by atoms with Crippen LogP contribution in [-0.2, 0) is 5.41 Å². The Kier molecular flexibility index (Phi) is 5.73. The number of hydrogen-bond donors (Lipinski definition) is 1. The smallest absolute Gasteiger partial charge is 0.0406 e. The second-order valence-electron chi connectivity index (χ2n) is 6.92. The van der Waals surface area contributed by atoms with Gasteiger partial charge < -0.3 is 5.32 Å². The molecule has 0 heterocycles. The van der Waals surface area contributed by atoms with Gasteiger partial charge in [-0.25, -0.2) is 0 Å². The lowest BCUT2D eigenvalue weighted by Crippen LogP contribution is -2.54. The van der Waals surface area contributed by atoms with Gasteiger partial charge in [0.1, 0.15) is 0 Å². The van der Waals surface area contributed by atoms with Gasteiger partial charge in [-0.2, -0.15) is 0 Å². The molecule has 1 fully saturated rings. The third-order valence-corrected chi connectivity index (χ3v) is 5.41. The molecule has 21 heavy (non-hydrogen) atoms. The molecular formula is C19H30ClN. The van der Waals surface area contributed by atoms with Crippen LogP contribution in [0.2, 0.25) is 5.02 Å². The van der Waals surface area contributed by atoms with Gasteiger partial charge in [-0.05, 0) is 55.3 Å². The Morgan fingerprint density at radius 3 is 2.05 bits per heavy atom. The summed E-state index contributed by atoms with van der Waals surface area (Å²) in [4.78, 5) is 0. The Morgan fingerprint density at radius 1 is 1.00 bits per heavy atom. The van der Waals surface area contributed by atoms with Crippen molar-refractivity contribution in [2.24, 2.45) is 5.41 Å². The molecule has 118 valence electrons. The summed E-state index contributed by atoms with van der Waals surface area (Å²) in [6, 6.07) is 8.57. The molecule has 1 aromatic carbocycles. The maximum Gasteiger partial charge on any atom is 0.0406 e. The van der Waals surface area contributed by atoms with Gasteiger partial charge in [0.2, 0.25) is 0 Å². The average Bonchev–Trinajstić information content (AvgIpc) is 2.44. The molecular weight excluding hydrogens is 278 g/mol. The maximum absolute atomic E-state index is 6.07. The number of benzene rings is 1. The van der Waals surface area contributed by atoms with E-state index in [0.29, 0.717) is 10.8 Å². The van der Waals surface area contributed by atoms with Crippen molar-refractivity contribution in [1.82, 2.24) is 5.32 Å². The van der Waals surface area contributed by atoms with Crippen LogP contribution >= 0.6 is 11.6 Å².